The average molecular weight is 409 g/mol. The number of para-hydroxylation sites is 1. The molecule has 4 fully saturated rings. The summed E-state index contributed by atoms with van der Waals surface area (Å²) in [7, 11) is 0. The van der Waals surface area contributed by atoms with Crippen LogP contribution < -0.4 is 15.9 Å². The first-order chi connectivity index (χ1) is 14.5. The van der Waals surface area contributed by atoms with Crippen LogP contribution >= 0.6 is 0 Å². The number of fused-ring (bicyclic) bond motifs is 1. The number of nitrogens with zero attached hydrogens (tertiary/aromatic N) is 3. The first-order valence-corrected chi connectivity index (χ1v) is 11.6. The predicted molar refractivity (Wildman–Crippen MR) is 119 cm³/mol. The van der Waals surface area contributed by atoms with E-state index < -0.39 is 0 Å². The van der Waals surface area contributed by atoms with Gasteiger partial charge in [-0.2, -0.15) is 4.68 Å². The Morgan fingerprint density at radius 3 is 2.30 bits per heavy atom. The maximum atomic E-state index is 13.3. The minimum Gasteiger partial charge on any atom is -0.341 e. The van der Waals surface area contributed by atoms with E-state index in [1.165, 1.54) is 43.2 Å². The molecule has 0 aliphatic heterocycles. The molecular formula is C24H32N4O2. The van der Waals surface area contributed by atoms with Crippen LogP contribution in [0.25, 0.3) is 10.9 Å². The molecule has 1 heterocycles. The number of hydrogen-bond donors (Lipinski definition) is 1. The van der Waals surface area contributed by atoms with Crippen LogP contribution in [0.1, 0.15) is 58.8 Å². The summed E-state index contributed by atoms with van der Waals surface area (Å²) in [5.41, 5.74) is 3.55. The Kier molecular flexibility index (Phi) is 4.83. The summed E-state index contributed by atoms with van der Waals surface area (Å²) in [5.74, 6) is 2.88. The molecule has 30 heavy (non-hydrogen) atoms. The Labute approximate surface area is 177 Å². The molecule has 1 aromatic carbocycles. The highest BCUT2D eigenvalue weighted by Gasteiger charge is 2.51. The van der Waals surface area contributed by atoms with Crippen LogP contribution in [0.3, 0.4) is 0 Å². The molecular weight excluding hydrogens is 376 g/mol. The summed E-state index contributed by atoms with van der Waals surface area (Å²) < 4.78 is 1.39. The van der Waals surface area contributed by atoms with E-state index in [0.29, 0.717) is 36.4 Å². The summed E-state index contributed by atoms with van der Waals surface area (Å²) >= 11 is 0. The van der Waals surface area contributed by atoms with Gasteiger partial charge in [0.25, 0.3) is 5.56 Å². The van der Waals surface area contributed by atoms with Gasteiger partial charge in [-0.1, -0.05) is 12.1 Å². The van der Waals surface area contributed by atoms with Crippen LogP contribution in [-0.4, -0.2) is 28.7 Å². The molecule has 0 atom stereocenters. The molecule has 1 N–H and O–H groups in total. The van der Waals surface area contributed by atoms with Crippen LogP contribution in [0, 0.1) is 23.2 Å². The van der Waals surface area contributed by atoms with Crippen LogP contribution in [0.2, 0.25) is 0 Å². The average Bonchev–Trinajstić information content (AvgIpc) is 2.70. The number of hydrogen-bond acceptors (Lipinski definition) is 4. The smallest absolute Gasteiger partial charge is 0.281 e. The first kappa shape index (κ1) is 19.6. The molecule has 6 rings (SSSR count). The number of anilines is 1. The van der Waals surface area contributed by atoms with E-state index >= 15 is 0 Å². The molecule has 4 saturated carbocycles. The van der Waals surface area contributed by atoms with Crippen LogP contribution in [0.4, 0.5) is 5.95 Å². The van der Waals surface area contributed by atoms with Crippen molar-refractivity contribution in [3.8, 4) is 0 Å². The highest BCUT2D eigenvalue weighted by Crippen LogP contribution is 2.61. The minimum absolute atomic E-state index is 0.0514. The molecule has 6 nitrogen and oxygen atoms in total. The zero-order chi connectivity index (χ0) is 20.9. The van der Waals surface area contributed by atoms with Crippen molar-refractivity contribution in [3.63, 3.8) is 0 Å². The Morgan fingerprint density at radius 2 is 1.70 bits per heavy atom. The summed E-state index contributed by atoms with van der Waals surface area (Å²) in [4.78, 5) is 33.2. The number of nitrogens with one attached hydrogen (secondary N) is 1. The molecule has 6 heteroatoms. The molecule has 1 aromatic heterocycles. The Hall–Kier alpha value is -2.37. The quantitative estimate of drug-likeness (QED) is 0.787. The SMILES string of the molecule is CCN(CC)c1nc2ccccc2c(=O)n1NC(=O)CC12CC3CC(CC(C3)C1)C2. The van der Waals surface area contributed by atoms with Crippen molar-refractivity contribution in [1.29, 1.82) is 0 Å². The molecule has 0 radical (unpaired) electrons. The molecule has 4 aliphatic rings. The number of benzene rings is 1. The molecule has 2 aromatic rings. The number of carbonyl (C=O) groups is 1. The van der Waals surface area contributed by atoms with E-state index in [4.69, 9.17) is 4.98 Å². The summed E-state index contributed by atoms with van der Waals surface area (Å²) in [6.45, 7) is 5.50. The van der Waals surface area contributed by atoms with Crippen molar-refractivity contribution in [2.45, 2.75) is 58.8 Å². The zero-order valence-electron chi connectivity index (χ0n) is 18.1. The summed E-state index contributed by atoms with van der Waals surface area (Å²) in [5, 5.41) is 0.531. The maximum Gasteiger partial charge on any atom is 0.281 e. The number of rotatable bonds is 6. The molecule has 0 unspecified atom stereocenters. The summed E-state index contributed by atoms with van der Waals surface area (Å²) in [6.07, 6.45) is 8.15. The van der Waals surface area contributed by atoms with Gasteiger partial charge < -0.3 is 4.90 Å². The summed E-state index contributed by atoms with van der Waals surface area (Å²) in [6, 6.07) is 7.35. The lowest BCUT2D eigenvalue weighted by Gasteiger charge is -2.56. The van der Waals surface area contributed by atoms with Gasteiger partial charge in [0, 0.05) is 19.5 Å². The lowest BCUT2D eigenvalue weighted by atomic mass is 9.49. The number of carbonyl (C=O) groups excluding carboxylic acids is 1. The first-order valence-electron chi connectivity index (χ1n) is 11.6. The second-order valence-electron chi connectivity index (χ2n) is 9.87. The topological polar surface area (TPSA) is 67.2 Å². The number of amides is 1. The largest absolute Gasteiger partial charge is 0.341 e. The van der Waals surface area contributed by atoms with Crippen LogP contribution in [0.5, 0.6) is 0 Å². The third-order valence-corrected chi connectivity index (χ3v) is 7.74. The minimum atomic E-state index is -0.207. The van der Waals surface area contributed by atoms with E-state index in [-0.39, 0.29) is 16.9 Å². The van der Waals surface area contributed by atoms with Gasteiger partial charge in [-0.25, -0.2) is 4.98 Å². The van der Waals surface area contributed by atoms with Crippen LogP contribution in [0.15, 0.2) is 29.1 Å². The fraction of sp³-hybridized carbons (Fsp3) is 0.625. The third-order valence-electron chi connectivity index (χ3n) is 7.74. The fourth-order valence-electron chi connectivity index (χ4n) is 6.95. The second-order valence-corrected chi connectivity index (χ2v) is 9.87. The standard InChI is InChI=1S/C24H32N4O2/c1-3-27(4-2)23-25-20-8-6-5-7-19(20)22(30)28(23)26-21(29)15-24-12-16-9-17(13-24)11-18(10-16)14-24/h5-8,16-18H,3-4,9-15H2,1-2H3,(H,26,29). The Balaban J connectivity index is 1.45. The van der Waals surface area contributed by atoms with Crippen molar-refractivity contribution < 1.29 is 4.79 Å². The van der Waals surface area contributed by atoms with Gasteiger partial charge in [-0.05, 0) is 87.7 Å². The van der Waals surface area contributed by atoms with Gasteiger partial charge in [-0.3, -0.25) is 15.0 Å². The van der Waals surface area contributed by atoms with Gasteiger partial charge in [0.1, 0.15) is 0 Å². The van der Waals surface area contributed by atoms with Gasteiger partial charge in [-0.15, -0.1) is 0 Å². The second kappa shape index (κ2) is 7.40. The predicted octanol–water partition coefficient (Wildman–Crippen LogP) is 3.92. The lowest BCUT2D eigenvalue weighted by Crippen LogP contribution is -2.48. The van der Waals surface area contributed by atoms with E-state index in [0.717, 1.165) is 17.8 Å². The van der Waals surface area contributed by atoms with Crippen molar-refractivity contribution in [3.05, 3.63) is 34.6 Å². The van der Waals surface area contributed by atoms with Crippen molar-refractivity contribution in [1.82, 2.24) is 9.66 Å². The molecule has 1 amide bonds. The van der Waals surface area contributed by atoms with E-state index in [9.17, 15) is 9.59 Å². The molecule has 4 bridgehead atoms. The maximum absolute atomic E-state index is 13.3. The Morgan fingerprint density at radius 1 is 1.10 bits per heavy atom. The van der Waals surface area contributed by atoms with E-state index in [1.807, 2.05) is 36.9 Å². The molecule has 0 saturated heterocycles. The van der Waals surface area contributed by atoms with Crippen molar-refractivity contribution >= 4 is 22.8 Å². The third kappa shape index (κ3) is 3.30. The van der Waals surface area contributed by atoms with Crippen LogP contribution in [-0.2, 0) is 4.79 Å². The van der Waals surface area contributed by atoms with Gasteiger partial charge >= 0.3 is 0 Å². The van der Waals surface area contributed by atoms with Crippen molar-refractivity contribution in [2.75, 3.05) is 23.4 Å². The highest BCUT2D eigenvalue weighted by atomic mass is 16.2. The molecule has 160 valence electrons. The molecule has 0 spiro atoms. The number of aromatic nitrogens is 2. The van der Waals surface area contributed by atoms with Gasteiger partial charge in [0.05, 0.1) is 10.9 Å². The van der Waals surface area contributed by atoms with Gasteiger partial charge in [0.15, 0.2) is 0 Å². The van der Waals surface area contributed by atoms with Gasteiger partial charge in [0.2, 0.25) is 11.9 Å². The molecule has 4 aliphatic carbocycles. The fourth-order valence-corrected chi connectivity index (χ4v) is 6.95. The normalized spacial score (nSPS) is 29.3. The highest BCUT2D eigenvalue weighted by molar-refractivity contribution is 5.86. The van der Waals surface area contributed by atoms with E-state index in [1.54, 1.807) is 6.07 Å². The lowest BCUT2D eigenvalue weighted by molar-refractivity contribution is -0.125. The monoisotopic (exact) mass is 408 g/mol. The zero-order valence-corrected chi connectivity index (χ0v) is 18.1. The van der Waals surface area contributed by atoms with E-state index in [2.05, 4.69) is 5.43 Å². The van der Waals surface area contributed by atoms with Crippen molar-refractivity contribution in [2.24, 2.45) is 23.2 Å². The Bertz CT molecular complexity index is 988.